The molecule has 1 aliphatic rings. The van der Waals surface area contributed by atoms with Gasteiger partial charge in [-0.15, -0.1) is 37.1 Å². The first-order valence-corrected chi connectivity index (χ1v) is 8.82. The van der Waals surface area contributed by atoms with Crippen LogP contribution in [0.1, 0.15) is 39.0 Å². The van der Waals surface area contributed by atoms with Gasteiger partial charge in [0.2, 0.25) is 0 Å². The number of hydrogen-bond donors (Lipinski definition) is 2. The smallest absolute Gasteiger partial charge is 0.406 e. The molecule has 5 nitrogen and oxygen atoms in total. The lowest BCUT2D eigenvalue weighted by Gasteiger charge is -2.27. The Labute approximate surface area is 174 Å². The molecule has 9 heteroatoms. The average molecular weight is 501 g/mol. The molecule has 1 aromatic rings. The molecule has 0 unspecified atom stereocenters. The van der Waals surface area contributed by atoms with Gasteiger partial charge in [-0.3, -0.25) is 4.99 Å². The fraction of sp³-hybridized carbons (Fsp3) is 0.611. The van der Waals surface area contributed by atoms with Crippen LogP contribution in [0.2, 0.25) is 0 Å². The van der Waals surface area contributed by atoms with Gasteiger partial charge in [-0.1, -0.05) is 12.8 Å². The molecule has 0 aromatic heterocycles. The van der Waals surface area contributed by atoms with Crippen molar-refractivity contribution in [1.29, 1.82) is 0 Å². The lowest BCUT2D eigenvalue weighted by molar-refractivity contribution is -0.274. The first-order chi connectivity index (χ1) is 12.3. The van der Waals surface area contributed by atoms with E-state index in [1.54, 1.807) is 0 Å². The Morgan fingerprint density at radius 2 is 1.85 bits per heavy atom. The number of anilines is 1. The quantitative estimate of drug-likeness (QED) is 0.230. The number of benzene rings is 1. The van der Waals surface area contributed by atoms with Crippen molar-refractivity contribution in [1.82, 2.24) is 0 Å². The van der Waals surface area contributed by atoms with Crippen LogP contribution in [0.5, 0.6) is 5.75 Å². The van der Waals surface area contributed by atoms with Crippen molar-refractivity contribution in [3.8, 4) is 5.75 Å². The van der Waals surface area contributed by atoms with Crippen molar-refractivity contribution in [2.45, 2.75) is 45.4 Å². The van der Waals surface area contributed by atoms with Crippen molar-refractivity contribution in [2.24, 2.45) is 16.1 Å². The molecule has 0 spiro atoms. The van der Waals surface area contributed by atoms with Gasteiger partial charge >= 0.3 is 6.36 Å². The highest BCUT2D eigenvalue weighted by molar-refractivity contribution is 14.0. The monoisotopic (exact) mass is 501 g/mol. The van der Waals surface area contributed by atoms with Crippen LogP contribution in [0.3, 0.4) is 0 Å². The van der Waals surface area contributed by atoms with E-state index in [0.717, 1.165) is 25.9 Å². The number of ether oxygens (including phenoxy) is 2. The largest absolute Gasteiger partial charge is 0.573 e. The second-order valence-electron chi connectivity index (χ2n) is 6.55. The third-order valence-corrected chi connectivity index (χ3v) is 4.59. The Balaban J connectivity index is 0.00000364. The third-order valence-electron chi connectivity index (χ3n) is 4.59. The van der Waals surface area contributed by atoms with Crippen LogP contribution in [-0.2, 0) is 4.74 Å². The molecule has 1 aliphatic carbocycles. The summed E-state index contributed by atoms with van der Waals surface area (Å²) in [6.07, 6.45) is 0.861. The van der Waals surface area contributed by atoms with E-state index in [9.17, 15) is 13.2 Å². The van der Waals surface area contributed by atoms with Crippen molar-refractivity contribution in [3.05, 3.63) is 24.3 Å². The van der Waals surface area contributed by atoms with Crippen molar-refractivity contribution in [2.75, 3.05) is 25.1 Å². The van der Waals surface area contributed by atoms with Crippen LogP contribution < -0.4 is 15.8 Å². The molecule has 1 fully saturated rings. The van der Waals surface area contributed by atoms with Crippen molar-refractivity contribution >= 4 is 35.6 Å². The maximum Gasteiger partial charge on any atom is 0.573 e. The highest BCUT2D eigenvalue weighted by Gasteiger charge is 2.33. The molecule has 3 N–H and O–H groups in total. The molecule has 1 aromatic carbocycles. The SMILES string of the molecule is CCOCCC1(CN=C(N)Nc2ccc(OC(F)(F)F)cc2)CCCC1.I. The van der Waals surface area contributed by atoms with E-state index in [1.807, 2.05) is 6.92 Å². The second-order valence-corrected chi connectivity index (χ2v) is 6.55. The minimum atomic E-state index is -4.70. The molecule has 0 aliphatic heterocycles. The van der Waals surface area contributed by atoms with Gasteiger partial charge < -0.3 is 20.5 Å². The van der Waals surface area contributed by atoms with Gasteiger partial charge in [-0.2, -0.15) is 0 Å². The highest BCUT2D eigenvalue weighted by Crippen LogP contribution is 2.41. The molecule has 0 heterocycles. The van der Waals surface area contributed by atoms with E-state index in [1.165, 1.54) is 37.1 Å². The Bertz CT molecular complexity index is 589. The van der Waals surface area contributed by atoms with Crippen LogP contribution in [-0.4, -0.2) is 32.1 Å². The number of nitrogens with one attached hydrogen (secondary N) is 1. The minimum Gasteiger partial charge on any atom is -0.406 e. The zero-order valence-corrected chi connectivity index (χ0v) is 17.7. The Morgan fingerprint density at radius 1 is 1.22 bits per heavy atom. The number of aliphatic imine (C=N–C) groups is 1. The maximum atomic E-state index is 12.2. The maximum absolute atomic E-state index is 12.2. The van der Waals surface area contributed by atoms with E-state index in [-0.39, 0.29) is 41.1 Å². The van der Waals surface area contributed by atoms with E-state index in [0.29, 0.717) is 18.8 Å². The van der Waals surface area contributed by atoms with E-state index in [4.69, 9.17) is 10.5 Å². The lowest BCUT2D eigenvalue weighted by atomic mass is 9.83. The molecule has 0 radical (unpaired) electrons. The summed E-state index contributed by atoms with van der Waals surface area (Å²) in [5, 5.41) is 2.90. The van der Waals surface area contributed by atoms with Gasteiger partial charge in [0.15, 0.2) is 5.96 Å². The second kappa shape index (κ2) is 10.9. The summed E-state index contributed by atoms with van der Waals surface area (Å²) < 4.78 is 45.8. The van der Waals surface area contributed by atoms with Crippen molar-refractivity contribution in [3.63, 3.8) is 0 Å². The van der Waals surface area contributed by atoms with Gasteiger partial charge in [0.1, 0.15) is 5.75 Å². The third kappa shape index (κ3) is 8.54. The molecule has 1 saturated carbocycles. The predicted molar refractivity (Wildman–Crippen MR) is 111 cm³/mol. The van der Waals surface area contributed by atoms with Crippen LogP contribution in [0.4, 0.5) is 18.9 Å². The van der Waals surface area contributed by atoms with Gasteiger partial charge in [0.25, 0.3) is 0 Å². The number of guanidine groups is 1. The Kier molecular flexibility index (Phi) is 9.65. The number of nitrogens with two attached hydrogens (primary N) is 1. The average Bonchev–Trinajstić information content (AvgIpc) is 3.03. The van der Waals surface area contributed by atoms with Crippen LogP contribution in [0.15, 0.2) is 29.3 Å². The van der Waals surface area contributed by atoms with Crippen molar-refractivity contribution < 1.29 is 22.6 Å². The van der Waals surface area contributed by atoms with Gasteiger partial charge in [0, 0.05) is 25.4 Å². The normalized spacial score (nSPS) is 16.7. The summed E-state index contributed by atoms with van der Waals surface area (Å²) >= 11 is 0. The first-order valence-electron chi connectivity index (χ1n) is 8.82. The lowest BCUT2D eigenvalue weighted by Crippen LogP contribution is -2.28. The number of rotatable bonds is 8. The molecule has 0 bridgehead atoms. The van der Waals surface area contributed by atoms with Crippen LogP contribution in [0, 0.1) is 5.41 Å². The number of hydrogen-bond acceptors (Lipinski definition) is 3. The molecular formula is C18H27F3IN3O2. The zero-order valence-electron chi connectivity index (χ0n) is 15.3. The molecular weight excluding hydrogens is 474 g/mol. The summed E-state index contributed by atoms with van der Waals surface area (Å²) in [7, 11) is 0. The minimum absolute atomic E-state index is 0. The molecule has 0 amide bonds. The summed E-state index contributed by atoms with van der Waals surface area (Å²) in [5.74, 6) is -0.0310. The number of nitrogens with zero attached hydrogens (tertiary/aromatic N) is 1. The summed E-state index contributed by atoms with van der Waals surface area (Å²) in [5.41, 5.74) is 6.62. The van der Waals surface area contributed by atoms with Gasteiger partial charge in [-0.25, -0.2) is 0 Å². The van der Waals surface area contributed by atoms with E-state index >= 15 is 0 Å². The fourth-order valence-corrected chi connectivity index (χ4v) is 3.23. The topological polar surface area (TPSA) is 68.9 Å². The summed E-state index contributed by atoms with van der Waals surface area (Å²) in [6, 6.07) is 5.38. The first kappa shape index (κ1) is 23.8. The van der Waals surface area contributed by atoms with Gasteiger partial charge in [0.05, 0.1) is 0 Å². The summed E-state index contributed by atoms with van der Waals surface area (Å²) in [6.45, 7) is 4.03. The standard InChI is InChI=1S/C18H26F3N3O2.HI/c1-2-25-12-11-17(9-3-4-10-17)13-23-16(22)24-14-5-7-15(8-6-14)26-18(19,20)21;/h5-8H,2-4,9-13H2,1H3,(H3,22,23,24);1H. The molecule has 154 valence electrons. The van der Waals surface area contributed by atoms with Crippen LogP contribution in [0.25, 0.3) is 0 Å². The molecule has 0 atom stereocenters. The molecule has 0 saturated heterocycles. The molecule has 2 rings (SSSR count). The summed E-state index contributed by atoms with van der Waals surface area (Å²) in [4.78, 5) is 4.45. The Hall–Kier alpha value is -1.23. The van der Waals surface area contributed by atoms with E-state index < -0.39 is 6.36 Å². The fourth-order valence-electron chi connectivity index (χ4n) is 3.23. The predicted octanol–water partition coefficient (Wildman–Crippen LogP) is 4.92. The van der Waals surface area contributed by atoms with Crippen LogP contribution >= 0.6 is 24.0 Å². The van der Waals surface area contributed by atoms with E-state index in [2.05, 4.69) is 15.0 Å². The number of halogens is 4. The number of alkyl halides is 3. The Morgan fingerprint density at radius 3 is 2.41 bits per heavy atom. The van der Waals surface area contributed by atoms with Gasteiger partial charge in [-0.05, 0) is 55.9 Å². The highest BCUT2D eigenvalue weighted by atomic mass is 127. The molecule has 27 heavy (non-hydrogen) atoms. The zero-order chi connectivity index (χ0) is 19.0.